The number of hydrogen-bond acceptors (Lipinski definition) is 4. The van der Waals surface area contributed by atoms with Crippen molar-refractivity contribution in [2.75, 3.05) is 13.2 Å². The molecule has 1 unspecified atom stereocenters. The molecule has 1 aromatic carbocycles. The number of ether oxygens (including phenoxy) is 2. The Balaban J connectivity index is 1.97. The van der Waals surface area contributed by atoms with Gasteiger partial charge < -0.3 is 24.9 Å². The second-order valence-electron chi connectivity index (χ2n) is 5.71. The van der Waals surface area contributed by atoms with Gasteiger partial charge in [-0.05, 0) is 37.6 Å². The average Bonchev–Trinajstić information content (AvgIpc) is 2.80. The standard InChI is InChI=1S/C17H20N2O4/c1-10-7-12(8-14(18)17(20)21)11(2)19(10)13-3-4-15-16(9-13)23-6-5-22-15/h3-4,7,9,14H,5-6,8,18H2,1-2H3,(H,20,21). The molecule has 6 nitrogen and oxygen atoms in total. The van der Waals surface area contributed by atoms with Gasteiger partial charge in [0, 0.05) is 29.6 Å². The van der Waals surface area contributed by atoms with Crippen LogP contribution >= 0.6 is 0 Å². The number of carboxylic acid groups (broad SMARTS) is 1. The molecule has 3 N–H and O–H groups in total. The molecule has 3 rings (SSSR count). The number of hydrogen-bond donors (Lipinski definition) is 2. The van der Waals surface area contributed by atoms with E-state index in [4.69, 9.17) is 20.3 Å². The zero-order chi connectivity index (χ0) is 16.6. The van der Waals surface area contributed by atoms with Crippen LogP contribution in [0.15, 0.2) is 24.3 Å². The monoisotopic (exact) mass is 316 g/mol. The number of aryl methyl sites for hydroxylation is 1. The highest BCUT2D eigenvalue weighted by molar-refractivity contribution is 5.73. The lowest BCUT2D eigenvalue weighted by Crippen LogP contribution is -2.32. The quantitative estimate of drug-likeness (QED) is 0.898. The predicted molar refractivity (Wildman–Crippen MR) is 85.5 cm³/mol. The van der Waals surface area contributed by atoms with Crippen LogP contribution in [0.1, 0.15) is 17.0 Å². The van der Waals surface area contributed by atoms with Crippen molar-refractivity contribution < 1.29 is 19.4 Å². The van der Waals surface area contributed by atoms with Crippen molar-refractivity contribution in [1.82, 2.24) is 4.57 Å². The molecule has 0 saturated carbocycles. The summed E-state index contributed by atoms with van der Waals surface area (Å²) in [7, 11) is 0. The largest absolute Gasteiger partial charge is 0.486 e. The fourth-order valence-corrected chi connectivity index (χ4v) is 2.93. The van der Waals surface area contributed by atoms with Gasteiger partial charge in [-0.3, -0.25) is 4.79 Å². The number of carboxylic acids is 1. The minimum atomic E-state index is -0.992. The number of aliphatic carboxylic acids is 1. The van der Waals surface area contributed by atoms with Crippen molar-refractivity contribution in [2.45, 2.75) is 26.3 Å². The molecule has 1 aromatic heterocycles. The third-order valence-electron chi connectivity index (χ3n) is 4.08. The maximum atomic E-state index is 11.0. The van der Waals surface area contributed by atoms with Crippen LogP contribution < -0.4 is 15.2 Å². The van der Waals surface area contributed by atoms with E-state index in [9.17, 15) is 4.79 Å². The molecular formula is C17H20N2O4. The van der Waals surface area contributed by atoms with E-state index in [-0.39, 0.29) is 0 Å². The smallest absolute Gasteiger partial charge is 0.320 e. The molecule has 2 aromatic rings. The van der Waals surface area contributed by atoms with Gasteiger partial charge in [0.05, 0.1) is 0 Å². The molecule has 1 aliphatic rings. The highest BCUT2D eigenvalue weighted by Crippen LogP contribution is 2.33. The second kappa shape index (κ2) is 5.96. The first-order chi connectivity index (χ1) is 11.0. The van der Waals surface area contributed by atoms with Crippen LogP contribution in [-0.4, -0.2) is 34.9 Å². The van der Waals surface area contributed by atoms with Gasteiger partial charge in [0.1, 0.15) is 19.3 Å². The third-order valence-corrected chi connectivity index (χ3v) is 4.08. The van der Waals surface area contributed by atoms with Crippen molar-refractivity contribution >= 4 is 5.97 Å². The van der Waals surface area contributed by atoms with Crippen LogP contribution in [0.3, 0.4) is 0 Å². The molecule has 0 fully saturated rings. The summed E-state index contributed by atoms with van der Waals surface area (Å²) < 4.78 is 13.2. The molecule has 1 aliphatic heterocycles. The van der Waals surface area contributed by atoms with Crippen molar-refractivity contribution in [3.8, 4) is 17.2 Å². The lowest BCUT2D eigenvalue weighted by molar-refractivity contribution is -0.138. The summed E-state index contributed by atoms with van der Waals surface area (Å²) in [4.78, 5) is 11.0. The Labute approximate surface area is 134 Å². The van der Waals surface area contributed by atoms with E-state index in [1.54, 1.807) is 0 Å². The molecule has 6 heteroatoms. The van der Waals surface area contributed by atoms with Crippen molar-refractivity contribution in [3.05, 3.63) is 41.2 Å². The highest BCUT2D eigenvalue weighted by Gasteiger charge is 2.19. The summed E-state index contributed by atoms with van der Waals surface area (Å²) in [5.41, 5.74) is 9.56. The van der Waals surface area contributed by atoms with Gasteiger partial charge in [0.25, 0.3) is 0 Å². The zero-order valence-electron chi connectivity index (χ0n) is 13.2. The highest BCUT2D eigenvalue weighted by atomic mass is 16.6. The molecule has 0 spiro atoms. The minimum Gasteiger partial charge on any atom is -0.486 e. The Bertz CT molecular complexity index is 751. The van der Waals surface area contributed by atoms with Crippen LogP contribution in [0.4, 0.5) is 0 Å². The fraction of sp³-hybridized carbons (Fsp3) is 0.353. The summed E-state index contributed by atoms with van der Waals surface area (Å²) in [6, 6.07) is 6.88. The third kappa shape index (κ3) is 2.90. The Morgan fingerprint density at radius 2 is 1.96 bits per heavy atom. The first kappa shape index (κ1) is 15.4. The topological polar surface area (TPSA) is 86.7 Å². The van der Waals surface area contributed by atoms with E-state index < -0.39 is 12.0 Å². The minimum absolute atomic E-state index is 0.305. The number of rotatable bonds is 4. The number of fused-ring (bicyclic) bond motifs is 1. The molecule has 0 bridgehead atoms. The normalized spacial score (nSPS) is 14.6. The Morgan fingerprint density at radius 3 is 2.65 bits per heavy atom. The van der Waals surface area contributed by atoms with Gasteiger partial charge in [0.15, 0.2) is 11.5 Å². The van der Waals surface area contributed by atoms with Crippen LogP contribution in [0.5, 0.6) is 11.5 Å². The van der Waals surface area contributed by atoms with E-state index in [2.05, 4.69) is 4.57 Å². The van der Waals surface area contributed by atoms with Crippen LogP contribution in [0, 0.1) is 13.8 Å². The maximum Gasteiger partial charge on any atom is 0.320 e. The van der Waals surface area contributed by atoms with E-state index in [0.717, 1.165) is 34.1 Å². The molecule has 0 aliphatic carbocycles. The van der Waals surface area contributed by atoms with Gasteiger partial charge in [-0.15, -0.1) is 0 Å². The van der Waals surface area contributed by atoms with Gasteiger partial charge >= 0.3 is 5.97 Å². The van der Waals surface area contributed by atoms with Crippen molar-refractivity contribution in [2.24, 2.45) is 5.73 Å². The van der Waals surface area contributed by atoms with Crippen molar-refractivity contribution in [1.29, 1.82) is 0 Å². The van der Waals surface area contributed by atoms with Crippen LogP contribution in [0.2, 0.25) is 0 Å². The van der Waals surface area contributed by atoms with E-state index >= 15 is 0 Å². The number of nitrogens with two attached hydrogens (primary N) is 1. The molecule has 2 heterocycles. The van der Waals surface area contributed by atoms with Gasteiger partial charge in [0.2, 0.25) is 0 Å². The predicted octanol–water partition coefficient (Wildman–Crippen LogP) is 1.82. The van der Waals surface area contributed by atoms with Crippen LogP contribution in [0.25, 0.3) is 5.69 Å². The van der Waals surface area contributed by atoms with Gasteiger partial charge in [-0.25, -0.2) is 0 Å². The lowest BCUT2D eigenvalue weighted by Gasteiger charge is -2.20. The Morgan fingerprint density at radius 1 is 1.26 bits per heavy atom. The molecule has 0 radical (unpaired) electrons. The van der Waals surface area contributed by atoms with Crippen LogP contribution in [-0.2, 0) is 11.2 Å². The van der Waals surface area contributed by atoms with E-state index in [1.807, 2.05) is 38.1 Å². The molecule has 23 heavy (non-hydrogen) atoms. The number of aromatic nitrogens is 1. The van der Waals surface area contributed by atoms with Crippen molar-refractivity contribution in [3.63, 3.8) is 0 Å². The molecule has 122 valence electrons. The summed E-state index contributed by atoms with van der Waals surface area (Å²) in [6.45, 7) is 5.05. The number of nitrogens with zero attached hydrogens (tertiary/aromatic N) is 1. The lowest BCUT2D eigenvalue weighted by atomic mass is 10.1. The second-order valence-corrected chi connectivity index (χ2v) is 5.71. The summed E-state index contributed by atoms with van der Waals surface area (Å²) in [5, 5.41) is 9.00. The maximum absolute atomic E-state index is 11.0. The van der Waals surface area contributed by atoms with Gasteiger partial charge in [-0.1, -0.05) is 0 Å². The fourth-order valence-electron chi connectivity index (χ4n) is 2.93. The molecule has 0 amide bonds. The number of carbonyl (C=O) groups is 1. The SMILES string of the molecule is Cc1cc(CC(N)C(=O)O)c(C)n1-c1ccc2c(c1)OCCO2. The summed E-state index contributed by atoms with van der Waals surface area (Å²) in [6.07, 6.45) is 0.305. The first-order valence-electron chi connectivity index (χ1n) is 7.53. The first-order valence-corrected chi connectivity index (χ1v) is 7.53. The van der Waals surface area contributed by atoms with Gasteiger partial charge in [-0.2, -0.15) is 0 Å². The molecular weight excluding hydrogens is 296 g/mol. The molecule has 1 atom stereocenters. The van der Waals surface area contributed by atoms with E-state index in [0.29, 0.717) is 19.6 Å². The average molecular weight is 316 g/mol. The summed E-state index contributed by atoms with van der Waals surface area (Å²) >= 11 is 0. The Kier molecular flexibility index (Phi) is 4.00. The molecule has 0 saturated heterocycles. The zero-order valence-corrected chi connectivity index (χ0v) is 13.2. The Hall–Kier alpha value is -2.47. The van der Waals surface area contributed by atoms with E-state index in [1.165, 1.54) is 0 Å². The summed E-state index contributed by atoms with van der Waals surface area (Å²) in [5.74, 6) is 0.481. The number of benzene rings is 1.